The Kier molecular flexibility index (Phi) is 11.4. The van der Waals surface area contributed by atoms with Crippen molar-refractivity contribution in [2.24, 2.45) is 4.99 Å². The van der Waals surface area contributed by atoms with E-state index in [1.54, 1.807) is 11.9 Å². The van der Waals surface area contributed by atoms with Gasteiger partial charge in [-0.05, 0) is 6.42 Å². The van der Waals surface area contributed by atoms with Crippen LogP contribution in [0.2, 0.25) is 0 Å². The maximum Gasteiger partial charge on any atom is 0.325 e. The molecule has 1 N–H and O–H groups in total. The molecule has 0 spiro atoms. The lowest BCUT2D eigenvalue weighted by atomic mass is 10.0. The van der Waals surface area contributed by atoms with Crippen molar-refractivity contribution in [2.75, 3.05) is 39.9 Å². The molecule has 8 heteroatoms. The van der Waals surface area contributed by atoms with Crippen molar-refractivity contribution in [3.63, 3.8) is 0 Å². The highest BCUT2D eigenvalue weighted by molar-refractivity contribution is 6.03. The molecule has 0 aromatic rings. The van der Waals surface area contributed by atoms with Crippen molar-refractivity contribution in [1.82, 2.24) is 20.0 Å². The number of aliphatic imine (C=N–C) groups is 1. The summed E-state index contributed by atoms with van der Waals surface area (Å²) in [6, 6.07) is -0.794. The Morgan fingerprint density at radius 3 is 1.94 bits per heavy atom. The van der Waals surface area contributed by atoms with Gasteiger partial charge in [-0.2, -0.15) is 0 Å². The third-order valence-electron chi connectivity index (χ3n) is 7.39. The van der Waals surface area contributed by atoms with Gasteiger partial charge < -0.3 is 19.4 Å². The molecule has 34 heavy (non-hydrogen) atoms. The van der Waals surface area contributed by atoms with Crippen LogP contribution in [0.5, 0.6) is 0 Å². The van der Waals surface area contributed by atoms with Crippen LogP contribution in [-0.4, -0.2) is 84.7 Å². The molecule has 3 rings (SSSR count). The van der Waals surface area contributed by atoms with E-state index in [9.17, 15) is 9.59 Å². The number of morpholine rings is 1. The van der Waals surface area contributed by atoms with Gasteiger partial charge in [-0.15, -0.1) is 0 Å². The average molecular weight is 478 g/mol. The van der Waals surface area contributed by atoms with Crippen molar-refractivity contribution in [1.29, 1.82) is 0 Å². The fourth-order valence-electron chi connectivity index (χ4n) is 5.25. The molecule has 8 nitrogen and oxygen atoms in total. The highest BCUT2D eigenvalue weighted by Gasteiger charge is 2.49. The smallest absolute Gasteiger partial charge is 0.325 e. The topological polar surface area (TPSA) is 77.5 Å². The van der Waals surface area contributed by atoms with Crippen molar-refractivity contribution in [2.45, 2.75) is 109 Å². The van der Waals surface area contributed by atoms with E-state index in [0.717, 1.165) is 38.4 Å². The number of rotatable bonds is 15. The maximum absolute atomic E-state index is 12.7. The van der Waals surface area contributed by atoms with Crippen LogP contribution in [0.4, 0.5) is 4.79 Å². The number of imide groups is 1. The first kappa shape index (κ1) is 26.8. The maximum atomic E-state index is 12.7. The Morgan fingerprint density at radius 1 is 0.853 bits per heavy atom. The minimum Gasteiger partial charge on any atom is -0.378 e. The largest absolute Gasteiger partial charge is 0.378 e. The van der Waals surface area contributed by atoms with E-state index in [1.807, 2.05) is 0 Å². The lowest BCUT2D eigenvalue weighted by Crippen LogP contribution is -2.64. The summed E-state index contributed by atoms with van der Waals surface area (Å²) in [5.74, 6) is 0.621. The normalized spacial score (nSPS) is 22.8. The van der Waals surface area contributed by atoms with E-state index in [1.165, 1.54) is 77.0 Å². The molecular formula is C26H47N5O3. The molecule has 0 saturated carbocycles. The molecule has 0 aliphatic carbocycles. The van der Waals surface area contributed by atoms with Gasteiger partial charge in [-0.3, -0.25) is 10.1 Å². The molecule has 2 fully saturated rings. The quantitative estimate of drug-likeness (QED) is 0.355. The molecule has 3 amide bonds. The summed E-state index contributed by atoms with van der Waals surface area (Å²) in [7, 11) is 1.72. The molecule has 3 aliphatic rings. The van der Waals surface area contributed by atoms with Gasteiger partial charge in [-0.25, -0.2) is 9.79 Å². The molecule has 0 bridgehead atoms. The van der Waals surface area contributed by atoms with E-state index < -0.39 is 12.2 Å². The fourth-order valence-corrected chi connectivity index (χ4v) is 5.25. The van der Waals surface area contributed by atoms with E-state index in [2.05, 4.69) is 22.0 Å². The van der Waals surface area contributed by atoms with Gasteiger partial charge >= 0.3 is 6.03 Å². The number of carbonyl (C=O) groups excluding carboxylic acids is 2. The van der Waals surface area contributed by atoms with Crippen LogP contribution in [0.15, 0.2) is 4.99 Å². The van der Waals surface area contributed by atoms with Crippen LogP contribution in [0, 0.1) is 0 Å². The lowest BCUT2D eigenvalue weighted by Gasteiger charge is -2.38. The molecule has 3 aliphatic heterocycles. The van der Waals surface area contributed by atoms with E-state index in [4.69, 9.17) is 9.73 Å². The number of urea groups is 1. The van der Waals surface area contributed by atoms with E-state index in [0.29, 0.717) is 13.2 Å². The SMILES string of the molecule is CCCCCCCCCCCCCCCCN1C(N2CCOCC2)=NC2C1C(=O)NC(=O)N2C. The van der Waals surface area contributed by atoms with E-state index >= 15 is 0 Å². The summed E-state index contributed by atoms with van der Waals surface area (Å²) in [4.78, 5) is 35.5. The first-order chi connectivity index (χ1) is 16.6. The van der Waals surface area contributed by atoms with Crippen LogP contribution in [0.3, 0.4) is 0 Å². The minimum absolute atomic E-state index is 0.231. The van der Waals surface area contributed by atoms with Gasteiger partial charge in [0.25, 0.3) is 5.91 Å². The molecule has 0 radical (unpaired) electrons. The molecule has 194 valence electrons. The number of carbonyl (C=O) groups is 2. The molecule has 0 aromatic heterocycles. The summed E-state index contributed by atoms with van der Waals surface area (Å²) >= 11 is 0. The van der Waals surface area contributed by atoms with Crippen molar-refractivity contribution in [3.05, 3.63) is 0 Å². The Balaban J connectivity index is 1.34. The number of guanidine groups is 1. The van der Waals surface area contributed by atoms with Crippen LogP contribution in [0.25, 0.3) is 0 Å². The summed E-state index contributed by atoms with van der Waals surface area (Å²) in [6.45, 7) is 5.95. The average Bonchev–Trinajstić information content (AvgIpc) is 3.23. The summed E-state index contributed by atoms with van der Waals surface area (Å²) < 4.78 is 5.50. The predicted molar refractivity (Wildman–Crippen MR) is 136 cm³/mol. The fraction of sp³-hybridized carbons (Fsp3) is 0.885. The van der Waals surface area contributed by atoms with Gasteiger partial charge in [-0.1, -0.05) is 90.4 Å². The number of fused-ring (bicyclic) bond motifs is 1. The number of nitrogens with one attached hydrogen (secondary N) is 1. The molecule has 2 unspecified atom stereocenters. The van der Waals surface area contributed by atoms with Crippen LogP contribution in [0.1, 0.15) is 96.8 Å². The molecule has 2 atom stereocenters. The zero-order valence-electron chi connectivity index (χ0n) is 21.6. The van der Waals surface area contributed by atoms with Crippen molar-refractivity contribution in [3.8, 4) is 0 Å². The van der Waals surface area contributed by atoms with E-state index in [-0.39, 0.29) is 11.9 Å². The Labute approximate surface area is 206 Å². The highest BCUT2D eigenvalue weighted by atomic mass is 16.5. The van der Waals surface area contributed by atoms with Gasteiger partial charge in [0.2, 0.25) is 0 Å². The number of ether oxygens (including phenoxy) is 1. The molecule has 3 heterocycles. The highest BCUT2D eigenvalue weighted by Crippen LogP contribution is 2.26. The van der Waals surface area contributed by atoms with Gasteiger partial charge in [0.15, 0.2) is 18.2 Å². The number of likely N-dealkylation sites (N-methyl/N-ethyl adjacent to an activating group) is 1. The molecule has 0 aromatic carbocycles. The van der Waals surface area contributed by atoms with Crippen LogP contribution >= 0.6 is 0 Å². The van der Waals surface area contributed by atoms with Crippen molar-refractivity contribution < 1.29 is 14.3 Å². The summed E-state index contributed by atoms with van der Waals surface area (Å²) in [5.41, 5.74) is 0. The number of nitrogens with zero attached hydrogens (tertiary/aromatic N) is 4. The van der Waals surface area contributed by atoms with Crippen LogP contribution in [-0.2, 0) is 9.53 Å². The Hall–Kier alpha value is -1.83. The van der Waals surface area contributed by atoms with Crippen LogP contribution < -0.4 is 5.32 Å². The second-order valence-electron chi connectivity index (χ2n) is 10.1. The second-order valence-corrected chi connectivity index (χ2v) is 10.1. The Bertz CT molecular complexity index is 665. The lowest BCUT2D eigenvalue weighted by molar-refractivity contribution is -0.127. The summed E-state index contributed by atoms with van der Waals surface area (Å²) in [5, 5.41) is 2.50. The first-order valence-corrected chi connectivity index (χ1v) is 13.9. The second kappa shape index (κ2) is 14.5. The van der Waals surface area contributed by atoms with Crippen molar-refractivity contribution >= 4 is 17.9 Å². The van der Waals surface area contributed by atoms with Gasteiger partial charge in [0, 0.05) is 26.7 Å². The number of unbranched alkanes of at least 4 members (excludes halogenated alkanes) is 13. The first-order valence-electron chi connectivity index (χ1n) is 13.9. The predicted octanol–water partition coefficient (Wildman–Crippen LogP) is 4.35. The number of hydrogen-bond acceptors (Lipinski definition) is 6. The van der Waals surface area contributed by atoms with Gasteiger partial charge in [0.05, 0.1) is 13.2 Å². The zero-order valence-corrected chi connectivity index (χ0v) is 21.6. The number of hydrogen-bond donors (Lipinski definition) is 1. The standard InChI is InChI=1S/C26H47N5O3/c1-3-4-5-6-7-8-9-10-11-12-13-14-15-16-17-31-22-23(29(2)26(33)28-24(22)32)27-25(31)30-18-20-34-21-19-30/h22-23H,3-21H2,1-2H3,(H,28,32,33). The monoisotopic (exact) mass is 477 g/mol. The Morgan fingerprint density at radius 2 is 1.38 bits per heavy atom. The zero-order chi connectivity index (χ0) is 24.2. The molecule has 2 saturated heterocycles. The molecular weight excluding hydrogens is 430 g/mol. The minimum atomic E-state index is -0.439. The number of amides is 3. The third kappa shape index (κ3) is 7.59. The van der Waals surface area contributed by atoms with Gasteiger partial charge in [0.1, 0.15) is 0 Å². The third-order valence-corrected chi connectivity index (χ3v) is 7.39. The summed E-state index contributed by atoms with van der Waals surface area (Å²) in [6.07, 6.45) is 18.1.